The minimum Gasteiger partial charge on any atom is -0.504 e. The van der Waals surface area contributed by atoms with Gasteiger partial charge < -0.3 is 14.9 Å². The largest absolute Gasteiger partial charge is 0.504 e. The molecule has 4 rings (SSSR count). The minimum atomic E-state index is 0.0930. The highest BCUT2D eigenvalue weighted by atomic mass is 16.5. The number of methoxy groups -OCH3 is 1. The molecule has 4 nitrogen and oxygen atoms in total. The van der Waals surface area contributed by atoms with Crippen molar-refractivity contribution in [2.75, 3.05) is 13.7 Å². The standard InChI is InChI=1S/C21H25NO3/c1-3-17-20-15(5-7-19(25-2)21(20)24)11-18-16-6-4-13(12-23)10-14(16)8-9-22(17)18/h4-7,10,17-18,23-24H,3,8-9,11-12H2,1-2H3/t17-,18+/m1/s1. The summed E-state index contributed by atoms with van der Waals surface area (Å²) in [6.07, 6.45) is 2.83. The van der Waals surface area contributed by atoms with E-state index in [4.69, 9.17) is 4.74 Å². The van der Waals surface area contributed by atoms with Crippen molar-refractivity contribution < 1.29 is 14.9 Å². The molecule has 0 saturated heterocycles. The van der Waals surface area contributed by atoms with Gasteiger partial charge in [0.1, 0.15) is 0 Å². The molecule has 0 saturated carbocycles. The van der Waals surface area contributed by atoms with E-state index in [0.717, 1.165) is 36.9 Å². The molecule has 0 aromatic heterocycles. The van der Waals surface area contributed by atoms with Crippen LogP contribution in [0.3, 0.4) is 0 Å². The molecule has 0 fully saturated rings. The molecule has 0 spiro atoms. The monoisotopic (exact) mass is 339 g/mol. The van der Waals surface area contributed by atoms with Crippen molar-refractivity contribution in [1.82, 2.24) is 4.90 Å². The van der Waals surface area contributed by atoms with E-state index in [-0.39, 0.29) is 12.6 Å². The van der Waals surface area contributed by atoms with Gasteiger partial charge in [0, 0.05) is 24.2 Å². The van der Waals surface area contributed by atoms with Gasteiger partial charge in [-0.1, -0.05) is 31.2 Å². The van der Waals surface area contributed by atoms with Crippen molar-refractivity contribution in [2.45, 2.75) is 44.9 Å². The molecule has 0 amide bonds. The summed E-state index contributed by atoms with van der Waals surface area (Å²) in [6.45, 7) is 3.25. The molecule has 4 heteroatoms. The van der Waals surface area contributed by atoms with Crippen LogP contribution < -0.4 is 4.74 Å². The van der Waals surface area contributed by atoms with Crippen LogP contribution in [-0.4, -0.2) is 28.8 Å². The molecule has 2 atom stereocenters. The molecule has 25 heavy (non-hydrogen) atoms. The van der Waals surface area contributed by atoms with Crippen molar-refractivity contribution >= 4 is 0 Å². The van der Waals surface area contributed by atoms with E-state index in [1.165, 1.54) is 16.7 Å². The second-order valence-electron chi connectivity index (χ2n) is 7.01. The van der Waals surface area contributed by atoms with E-state index < -0.39 is 0 Å². The zero-order valence-corrected chi connectivity index (χ0v) is 14.8. The lowest BCUT2D eigenvalue weighted by Crippen LogP contribution is -2.42. The number of aliphatic hydroxyl groups excluding tert-OH is 1. The number of aliphatic hydroxyl groups is 1. The lowest BCUT2D eigenvalue weighted by Gasteiger charge is -2.46. The van der Waals surface area contributed by atoms with Crippen LogP contribution in [0, 0.1) is 0 Å². The number of ether oxygens (including phenoxy) is 1. The summed E-state index contributed by atoms with van der Waals surface area (Å²) in [5.41, 5.74) is 5.95. The molecule has 2 aliphatic heterocycles. The Hall–Kier alpha value is -2.04. The zero-order chi connectivity index (χ0) is 17.6. The van der Waals surface area contributed by atoms with Gasteiger partial charge >= 0.3 is 0 Å². The predicted octanol–water partition coefficient (Wildman–Crippen LogP) is 3.50. The van der Waals surface area contributed by atoms with Gasteiger partial charge in [-0.05, 0) is 47.6 Å². The smallest absolute Gasteiger partial charge is 0.162 e. The third-order valence-electron chi connectivity index (χ3n) is 5.81. The number of hydrogen-bond donors (Lipinski definition) is 2. The van der Waals surface area contributed by atoms with Gasteiger partial charge in [0.05, 0.1) is 13.7 Å². The highest BCUT2D eigenvalue weighted by Crippen LogP contribution is 2.49. The Kier molecular flexibility index (Phi) is 4.18. The first kappa shape index (κ1) is 16.4. The second kappa shape index (κ2) is 6.36. The van der Waals surface area contributed by atoms with Crippen LogP contribution in [0.1, 0.15) is 53.2 Å². The molecule has 0 unspecified atom stereocenters. The highest BCUT2D eigenvalue weighted by molar-refractivity contribution is 5.54. The average molecular weight is 339 g/mol. The third kappa shape index (κ3) is 2.52. The lowest BCUT2D eigenvalue weighted by molar-refractivity contribution is 0.101. The topological polar surface area (TPSA) is 52.9 Å². The Balaban J connectivity index is 1.81. The van der Waals surface area contributed by atoms with E-state index in [1.54, 1.807) is 7.11 Å². The van der Waals surface area contributed by atoms with Crippen molar-refractivity contribution in [2.24, 2.45) is 0 Å². The number of nitrogens with zero attached hydrogens (tertiary/aromatic N) is 1. The maximum atomic E-state index is 10.7. The third-order valence-corrected chi connectivity index (χ3v) is 5.81. The van der Waals surface area contributed by atoms with Crippen molar-refractivity contribution in [1.29, 1.82) is 0 Å². The molecule has 2 heterocycles. The summed E-state index contributed by atoms with van der Waals surface area (Å²) in [5.74, 6) is 0.854. The van der Waals surface area contributed by atoms with Crippen LogP contribution >= 0.6 is 0 Å². The number of hydrogen-bond acceptors (Lipinski definition) is 4. The number of rotatable bonds is 3. The molecule has 2 aromatic rings. The number of fused-ring (bicyclic) bond motifs is 4. The zero-order valence-electron chi connectivity index (χ0n) is 14.8. The van der Waals surface area contributed by atoms with Crippen molar-refractivity contribution in [3.63, 3.8) is 0 Å². The summed E-state index contributed by atoms with van der Waals surface area (Å²) in [4.78, 5) is 2.53. The van der Waals surface area contributed by atoms with Crippen molar-refractivity contribution in [3.8, 4) is 11.5 Å². The van der Waals surface area contributed by atoms with E-state index in [0.29, 0.717) is 17.5 Å². The van der Waals surface area contributed by atoms with Gasteiger partial charge in [0.15, 0.2) is 11.5 Å². The molecule has 132 valence electrons. The number of phenolic OH excluding ortho intramolecular Hbond substituents is 1. The summed E-state index contributed by atoms with van der Waals surface area (Å²) < 4.78 is 5.33. The van der Waals surface area contributed by atoms with Crippen LogP contribution in [0.2, 0.25) is 0 Å². The van der Waals surface area contributed by atoms with E-state index in [2.05, 4.69) is 30.0 Å². The van der Waals surface area contributed by atoms with E-state index >= 15 is 0 Å². The molecular formula is C21H25NO3. The van der Waals surface area contributed by atoms with Crippen LogP contribution in [0.15, 0.2) is 30.3 Å². The molecule has 2 N–H and O–H groups in total. The highest BCUT2D eigenvalue weighted by Gasteiger charge is 2.39. The van der Waals surface area contributed by atoms with Gasteiger partial charge in [-0.15, -0.1) is 0 Å². The van der Waals surface area contributed by atoms with Gasteiger partial charge in [0.2, 0.25) is 0 Å². The Morgan fingerprint density at radius 3 is 2.76 bits per heavy atom. The Morgan fingerprint density at radius 1 is 1.20 bits per heavy atom. The summed E-state index contributed by atoms with van der Waals surface area (Å²) in [5, 5.41) is 20.1. The van der Waals surface area contributed by atoms with E-state index in [1.807, 2.05) is 12.1 Å². The van der Waals surface area contributed by atoms with Gasteiger partial charge in [-0.25, -0.2) is 0 Å². The molecule has 2 aliphatic rings. The molecule has 0 radical (unpaired) electrons. The number of phenols is 1. The first-order valence-electron chi connectivity index (χ1n) is 9.05. The number of benzene rings is 2. The lowest BCUT2D eigenvalue weighted by atomic mass is 9.79. The maximum absolute atomic E-state index is 10.7. The SMILES string of the molecule is CC[C@@H]1c2c(ccc(OC)c2O)C[C@H]2c3ccc(CO)cc3CCN12. The summed E-state index contributed by atoms with van der Waals surface area (Å²) >= 11 is 0. The predicted molar refractivity (Wildman–Crippen MR) is 96.9 cm³/mol. The second-order valence-corrected chi connectivity index (χ2v) is 7.01. The average Bonchev–Trinajstić information content (AvgIpc) is 2.66. The normalized spacial score (nSPS) is 22.0. The molecule has 0 bridgehead atoms. The van der Waals surface area contributed by atoms with Crippen LogP contribution in [0.25, 0.3) is 0 Å². The first-order valence-corrected chi connectivity index (χ1v) is 9.05. The summed E-state index contributed by atoms with van der Waals surface area (Å²) in [6, 6.07) is 10.9. The minimum absolute atomic E-state index is 0.0930. The Morgan fingerprint density at radius 2 is 2.04 bits per heavy atom. The van der Waals surface area contributed by atoms with Gasteiger partial charge in [-0.2, -0.15) is 0 Å². The maximum Gasteiger partial charge on any atom is 0.162 e. The van der Waals surface area contributed by atoms with Crippen LogP contribution in [0.5, 0.6) is 11.5 Å². The quantitative estimate of drug-likeness (QED) is 0.899. The molecule has 2 aromatic carbocycles. The summed E-state index contributed by atoms with van der Waals surface area (Å²) in [7, 11) is 1.60. The molecule has 0 aliphatic carbocycles. The fourth-order valence-corrected chi connectivity index (χ4v) is 4.64. The van der Waals surface area contributed by atoms with E-state index in [9.17, 15) is 10.2 Å². The first-order chi connectivity index (χ1) is 12.2. The Labute approximate surface area is 148 Å². The van der Waals surface area contributed by atoms with Gasteiger partial charge in [-0.3, -0.25) is 4.90 Å². The molecular weight excluding hydrogens is 314 g/mol. The van der Waals surface area contributed by atoms with Crippen LogP contribution in [0.4, 0.5) is 0 Å². The number of aromatic hydroxyl groups is 1. The van der Waals surface area contributed by atoms with Gasteiger partial charge in [0.25, 0.3) is 0 Å². The fourth-order valence-electron chi connectivity index (χ4n) is 4.64. The van der Waals surface area contributed by atoms with Crippen LogP contribution in [-0.2, 0) is 19.4 Å². The Bertz CT molecular complexity index is 802. The van der Waals surface area contributed by atoms with Crippen molar-refractivity contribution in [3.05, 3.63) is 58.1 Å². The fraction of sp³-hybridized carbons (Fsp3) is 0.429.